The van der Waals surface area contributed by atoms with E-state index in [9.17, 15) is 5.21 Å². The molecule has 0 radical (unpaired) electrons. The third kappa shape index (κ3) is 7.38. The van der Waals surface area contributed by atoms with E-state index in [1.165, 1.54) is 12.8 Å². The molecular weight excluding hydrogens is 331 g/mol. The van der Waals surface area contributed by atoms with Gasteiger partial charge in [0.05, 0.1) is 15.8 Å². The molecule has 0 bridgehead atoms. The third-order valence-corrected chi connectivity index (χ3v) is 4.40. The first-order chi connectivity index (χ1) is 11.0. The highest BCUT2D eigenvalue weighted by molar-refractivity contribution is 6.42. The molecule has 1 rings (SSSR count). The van der Waals surface area contributed by atoms with Crippen molar-refractivity contribution in [1.82, 2.24) is 4.90 Å². The molecule has 0 spiro atoms. The number of hydrogen-bond acceptors (Lipinski definition) is 3. The van der Waals surface area contributed by atoms with Gasteiger partial charge >= 0.3 is 0 Å². The summed E-state index contributed by atoms with van der Waals surface area (Å²) in [6.45, 7) is 3.04. The van der Waals surface area contributed by atoms with Crippen molar-refractivity contribution in [1.29, 1.82) is 0 Å². The summed E-state index contributed by atoms with van der Waals surface area (Å²) in [5.74, 6) is 0.209. The molecule has 0 heterocycles. The van der Waals surface area contributed by atoms with Gasteiger partial charge in [0, 0.05) is 12.5 Å². The Morgan fingerprint density at radius 3 is 2.57 bits per heavy atom. The number of unbranched alkanes of at least 4 members (excludes halogenated alkanes) is 2. The van der Waals surface area contributed by atoms with Crippen LogP contribution in [0.15, 0.2) is 29.4 Å². The van der Waals surface area contributed by atoms with Crippen molar-refractivity contribution < 1.29 is 5.21 Å². The van der Waals surface area contributed by atoms with Crippen LogP contribution in [0.25, 0.3) is 6.08 Å². The lowest BCUT2D eigenvalue weighted by molar-refractivity contribution is 0.305. The Balaban J connectivity index is 2.84. The van der Waals surface area contributed by atoms with Gasteiger partial charge in [-0.1, -0.05) is 66.7 Å². The molecule has 0 saturated heterocycles. The largest absolute Gasteiger partial charge is 0.411 e. The molecule has 0 aromatic heterocycles. The Bertz CT molecular complexity index is 542. The van der Waals surface area contributed by atoms with Gasteiger partial charge in [0.25, 0.3) is 0 Å². The SMILES string of the molecule is CCCCCC(CN(C)C)C(/C=C/c1ccc(Cl)c(Cl)c1)=N\O. The Kier molecular flexibility index (Phi) is 9.30. The first-order valence-corrected chi connectivity index (χ1v) is 8.73. The molecular formula is C18H26Cl2N2O. The maximum atomic E-state index is 9.41. The molecule has 128 valence electrons. The van der Waals surface area contributed by atoms with E-state index in [2.05, 4.69) is 17.0 Å². The molecule has 1 N–H and O–H groups in total. The molecule has 5 heteroatoms. The molecule has 0 saturated carbocycles. The van der Waals surface area contributed by atoms with Crippen LogP contribution >= 0.6 is 23.2 Å². The number of nitrogens with zero attached hydrogens (tertiary/aromatic N) is 2. The Morgan fingerprint density at radius 2 is 2.00 bits per heavy atom. The number of halogens is 2. The van der Waals surface area contributed by atoms with Gasteiger partial charge in [-0.25, -0.2) is 0 Å². The Hall–Kier alpha value is -1.03. The lowest BCUT2D eigenvalue weighted by Gasteiger charge is -2.20. The summed E-state index contributed by atoms with van der Waals surface area (Å²) in [7, 11) is 4.06. The fourth-order valence-corrected chi connectivity index (χ4v) is 2.77. The summed E-state index contributed by atoms with van der Waals surface area (Å²) in [5, 5.41) is 14.0. The summed E-state index contributed by atoms with van der Waals surface area (Å²) in [6, 6.07) is 5.45. The van der Waals surface area contributed by atoms with Crippen LogP contribution < -0.4 is 0 Å². The second kappa shape index (κ2) is 10.7. The summed E-state index contributed by atoms with van der Waals surface area (Å²) < 4.78 is 0. The average molecular weight is 357 g/mol. The Labute approximate surface area is 149 Å². The van der Waals surface area contributed by atoms with Gasteiger partial charge in [-0.15, -0.1) is 0 Å². The van der Waals surface area contributed by atoms with E-state index in [4.69, 9.17) is 23.2 Å². The molecule has 1 unspecified atom stereocenters. The third-order valence-electron chi connectivity index (χ3n) is 3.67. The molecule has 0 aliphatic rings. The van der Waals surface area contributed by atoms with Crippen LogP contribution in [-0.4, -0.2) is 36.5 Å². The first kappa shape index (κ1) is 20.0. The van der Waals surface area contributed by atoms with Crippen molar-refractivity contribution >= 4 is 35.0 Å². The molecule has 1 aromatic carbocycles. The maximum absolute atomic E-state index is 9.41. The zero-order valence-corrected chi connectivity index (χ0v) is 15.6. The van der Waals surface area contributed by atoms with Crippen molar-refractivity contribution in [2.75, 3.05) is 20.6 Å². The minimum Gasteiger partial charge on any atom is -0.411 e. The van der Waals surface area contributed by atoms with E-state index < -0.39 is 0 Å². The van der Waals surface area contributed by atoms with Gasteiger partial charge in [-0.05, 0) is 44.3 Å². The molecule has 1 aromatic rings. The van der Waals surface area contributed by atoms with Gasteiger partial charge in [0.15, 0.2) is 0 Å². The second-order valence-electron chi connectivity index (χ2n) is 5.99. The van der Waals surface area contributed by atoms with Crippen LogP contribution in [0, 0.1) is 5.92 Å². The Morgan fingerprint density at radius 1 is 1.26 bits per heavy atom. The van der Waals surface area contributed by atoms with Crippen molar-refractivity contribution in [3.05, 3.63) is 39.9 Å². The highest BCUT2D eigenvalue weighted by Gasteiger charge is 2.15. The highest BCUT2D eigenvalue weighted by atomic mass is 35.5. The van der Waals surface area contributed by atoms with Crippen molar-refractivity contribution in [3.63, 3.8) is 0 Å². The number of allylic oxidation sites excluding steroid dienone is 1. The molecule has 3 nitrogen and oxygen atoms in total. The van der Waals surface area contributed by atoms with Crippen LogP contribution in [0.1, 0.15) is 38.2 Å². The molecule has 1 atom stereocenters. The van der Waals surface area contributed by atoms with Crippen molar-refractivity contribution in [2.24, 2.45) is 11.1 Å². The number of rotatable bonds is 9. The van der Waals surface area contributed by atoms with Gasteiger partial charge in [-0.3, -0.25) is 0 Å². The van der Waals surface area contributed by atoms with Crippen molar-refractivity contribution in [2.45, 2.75) is 32.6 Å². The van der Waals surface area contributed by atoms with E-state index in [0.29, 0.717) is 15.8 Å². The highest BCUT2D eigenvalue weighted by Crippen LogP contribution is 2.23. The zero-order chi connectivity index (χ0) is 17.2. The van der Waals surface area contributed by atoms with Crippen LogP contribution in [0.3, 0.4) is 0 Å². The first-order valence-electron chi connectivity index (χ1n) is 7.97. The van der Waals surface area contributed by atoms with Crippen molar-refractivity contribution in [3.8, 4) is 0 Å². The zero-order valence-electron chi connectivity index (χ0n) is 14.1. The number of benzene rings is 1. The van der Waals surface area contributed by atoms with E-state index >= 15 is 0 Å². The number of oxime groups is 1. The monoisotopic (exact) mass is 356 g/mol. The standard InChI is InChI=1S/C18H26Cl2N2O/c1-4-5-6-7-15(13-22(2)3)18(21-23)11-9-14-8-10-16(19)17(20)12-14/h8-12,15,23H,4-7,13H2,1-3H3/b11-9+,21-18-. The lowest BCUT2D eigenvalue weighted by Crippen LogP contribution is -2.27. The minimum absolute atomic E-state index is 0.209. The minimum atomic E-state index is 0.209. The van der Waals surface area contributed by atoms with Crippen LogP contribution in [0.5, 0.6) is 0 Å². The molecule has 0 aliphatic carbocycles. The molecule has 0 aliphatic heterocycles. The van der Waals surface area contributed by atoms with Crippen LogP contribution in [0.2, 0.25) is 10.0 Å². The summed E-state index contributed by atoms with van der Waals surface area (Å²) in [4.78, 5) is 2.12. The predicted octanol–water partition coefficient (Wildman–Crippen LogP) is 5.59. The van der Waals surface area contributed by atoms with Crippen LogP contribution in [0.4, 0.5) is 0 Å². The summed E-state index contributed by atoms with van der Waals surface area (Å²) >= 11 is 12.0. The fraction of sp³-hybridized carbons (Fsp3) is 0.500. The lowest BCUT2D eigenvalue weighted by atomic mass is 9.94. The average Bonchev–Trinajstić information content (AvgIpc) is 2.50. The van der Waals surface area contributed by atoms with Gasteiger partial charge in [0.1, 0.15) is 0 Å². The van der Waals surface area contributed by atoms with E-state index in [1.54, 1.807) is 12.1 Å². The second-order valence-corrected chi connectivity index (χ2v) is 6.80. The van der Waals surface area contributed by atoms with Gasteiger partial charge < -0.3 is 10.1 Å². The summed E-state index contributed by atoms with van der Waals surface area (Å²) in [6.07, 6.45) is 8.28. The van der Waals surface area contributed by atoms with E-state index in [0.717, 1.165) is 24.9 Å². The van der Waals surface area contributed by atoms with E-state index in [1.807, 2.05) is 32.3 Å². The topological polar surface area (TPSA) is 35.8 Å². The normalized spacial score (nSPS) is 13.9. The molecule has 23 heavy (non-hydrogen) atoms. The smallest absolute Gasteiger partial charge is 0.0839 e. The van der Waals surface area contributed by atoms with Crippen LogP contribution in [-0.2, 0) is 0 Å². The summed E-state index contributed by atoms with van der Waals surface area (Å²) in [5.41, 5.74) is 1.62. The van der Waals surface area contributed by atoms with Gasteiger partial charge in [-0.2, -0.15) is 0 Å². The number of hydrogen-bond donors (Lipinski definition) is 1. The predicted molar refractivity (Wildman–Crippen MR) is 101 cm³/mol. The van der Waals surface area contributed by atoms with E-state index in [-0.39, 0.29) is 5.92 Å². The molecule has 0 fully saturated rings. The quantitative estimate of drug-likeness (QED) is 0.270. The molecule has 0 amide bonds. The maximum Gasteiger partial charge on any atom is 0.0839 e. The van der Waals surface area contributed by atoms with Gasteiger partial charge in [0.2, 0.25) is 0 Å². The fourth-order valence-electron chi connectivity index (χ4n) is 2.46.